The van der Waals surface area contributed by atoms with Crippen LogP contribution < -0.4 is 14.8 Å². The number of ether oxygens (including phenoxy) is 2. The molecule has 1 aliphatic carbocycles. The van der Waals surface area contributed by atoms with Crippen LogP contribution in [0.2, 0.25) is 5.02 Å². The monoisotopic (exact) mass is 295 g/mol. The lowest BCUT2D eigenvalue weighted by molar-refractivity contribution is 0.296. The maximum Gasteiger partial charge on any atom is 0.162 e. The Morgan fingerprint density at radius 1 is 1.10 bits per heavy atom. The van der Waals surface area contributed by atoms with E-state index in [0.29, 0.717) is 25.2 Å². The van der Waals surface area contributed by atoms with Crippen LogP contribution in [0.25, 0.3) is 0 Å². The topological polar surface area (TPSA) is 30.5 Å². The Morgan fingerprint density at radius 2 is 1.75 bits per heavy atom. The van der Waals surface area contributed by atoms with Gasteiger partial charge in [-0.3, -0.25) is 0 Å². The molecule has 1 N–H and O–H groups in total. The fourth-order valence-corrected chi connectivity index (χ4v) is 3.65. The van der Waals surface area contributed by atoms with E-state index in [1.54, 1.807) is 0 Å². The van der Waals surface area contributed by atoms with Gasteiger partial charge in [0, 0.05) is 23.6 Å². The van der Waals surface area contributed by atoms with Crippen LogP contribution in [0.4, 0.5) is 0 Å². The summed E-state index contributed by atoms with van der Waals surface area (Å²) < 4.78 is 11.5. The molecule has 1 aromatic carbocycles. The third kappa shape index (κ3) is 2.75. The Bertz CT molecular complexity index is 472. The Balaban J connectivity index is 1.93. The molecule has 3 nitrogen and oxygen atoms in total. The number of halogens is 1. The molecule has 1 heterocycles. The van der Waals surface area contributed by atoms with Crippen molar-refractivity contribution in [3.05, 3.63) is 22.7 Å². The van der Waals surface area contributed by atoms with Crippen LogP contribution in [0.3, 0.4) is 0 Å². The molecular formula is C16H22ClNO2. The van der Waals surface area contributed by atoms with Crippen molar-refractivity contribution in [1.82, 2.24) is 5.32 Å². The van der Waals surface area contributed by atoms with Crippen molar-refractivity contribution in [2.75, 3.05) is 20.3 Å². The Labute approximate surface area is 125 Å². The second kappa shape index (κ2) is 6.23. The Hall–Kier alpha value is -0.930. The molecule has 0 bridgehead atoms. The molecule has 1 aliphatic heterocycles. The van der Waals surface area contributed by atoms with E-state index in [2.05, 4.69) is 11.4 Å². The number of benzene rings is 1. The largest absolute Gasteiger partial charge is 0.490 e. The van der Waals surface area contributed by atoms with Crippen molar-refractivity contribution in [3.8, 4) is 11.5 Å². The van der Waals surface area contributed by atoms with Crippen molar-refractivity contribution in [1.29, 1.82) is 0 Å². The lowest BCUT2D eigenvalue weighted by atomic mass is 9.91. The molecule has 20 heavy (non-hydrogen) atoms. The summed E-state index contributed by atoms with van der Waals surface area (Å²) in [6, 6.07) is 4.29. The molecule has 0 aromatic heterocycles. The molecule has 0 amide bonds. The number of hydrogen-bond acceptors (Lipinski definition) is 3. The van der Waals surface area contributed by atoms with Gasteiger partial charge in [0.2, 0.25) is 0 Å². The molecule has 2 aliphatic rings. The zero-order valence-corrected chi connectivity index (χ0v) is 12.7. The zero-order chi connectivity index (χ0) is 13.9. The Kier molecular flexibility index (Phi) is 4.37. The summed E-state index contributed by atoms with van der Waals surface area (Å²) in [5, 5.41) is 4.22. The molecule has 1 unspecified atom stereocenters. The molecule has 0 spiro atoms. The van der Waals surface area contributed by atoms with Crippen LogP contribution in [0.1, 0.15) is 43.7 Å². The summed E-state index contributed by atoms with van der Waals surface area (Å²) in [4.78, 5) is 0. The minimum Gasteiger partial charge on any atom is -0.490 e. The molecule has 1 atom stereocenters. The van der Waals surface area contributed by atoms with Crippen LogP contribution in [0.15, 0.2) is 12.1 Å². The SMILES string of the molecule is CNC(c1cc2c(cc1Cl)OCCCO2)C1CCCC1. The number of rotatable bonds is 3. The second-order valence-electron chi connectivity index (χ2n) is 5.68. The first-order valence-electron chi connectivity index (χ1n) is 7.56. The smallest absolute Gasteiger partial charge is 0.162 e. The van der Waals surface area contributed by atoms with E-state index in [4.69, 9.17) is 21.1 Å². The Morgan fingerprint density at radius 3 is 2.40 bits per heavy atom. The molecule has 1 fully saturated rings. The van der Waals surface area contributed by atoms with Gasteiger partial charge in [-0.1, -0.05) is 24.4 Å². The van der Waals surface area contributed by atoms with E-state index in [-0.39, 0.29) is 0 Å². The highest BCUT2D eigenvalue weighted by molar-refractivity contribution is 6.31. The predicted octanol–water partition coefficient (Wildman–Crippen LogP) is 3.95. The fourth-order valence-electron chi connectivity index (χ4n) is 3.37. The zero-order valence-electron chi connectivity index (χ0n) is 12.0. The molecule has 1 aromatic rings. The maximum absolute atomic E-state index is 6.49. The number of fused-ring (bicyclic) bond motifs is 1. The van der Waals surface area contributed by atoms with Gasteiger partial charge in [0.15, 0.2) is 11.5 Å². The van der Waals surface area contributed by atoms with Gasteiger partial charge in [0.05, 0.1) is 13.2 Å². The van der Waals surface area contributed by atoms with Gasteiger partial charge in [-0.2, -0.15) is 0 Å². The summed E-state index contributed by atoms with van der Waals surface area (Å²) in [6.07, 6.45) is 6.11. The predicted molar refractivity (Wildman–Crippen MR) is 80.8 cm³/mol. The highest BCUT2D eigenvalue weighted by atomic mass is 35.5. The van der Waals surface area contributed by atoms with E-state index in [1.165, 1.54) is 25.7 Å². The number of hydrogen-bond donors (Lipinski definition) is 1. The van der Waals surface area contributed by atoms with Crippen molar-refractivity contribution in [2.24, 2.45) is 5.92 Å². The first kappa shape index (κ1) is 14.0. The molecule has 3 rings (SSSR count). The first-order valence-corrected chi connectivity index (χ1v) is 7.93. The maximum atomic E-state index is 6.49. The van der Waals surface area contributed by atoms with Crippen molar-refractivity contribution < 1.29 is 9.47 Å². The van der Waals surface area contributed by atoms with E-state index < -0.39 is 0 Å². The highest BCUT2D eigenvalue weighted by Crippen LogP contribution is 2.42. The third-order valence-electron chi connectivity index (χ3n) is 4.38. The van der Waals surface area contributed by atoms with E-state index >= 15 is 0 Å². The van der Waals surface area contributed by atoms with Gasteiger partial charge in [0.1, 0.15) is 0 Å². The van der Waals surface area contributed by atoms with Crippen molar-refractivity contribution in [3.63, 3.8) is 0 Å². The molecule has 110 valence electrons. The van der Waals surface area contributed by atoms with E-state index in [9.17, 15) is 0 Å². The summed E-state index contributed by atoms with van der Waals surface area (Å²) in [6.45, 7) is 1.41. The van der Waals surface area contributed by atoms with Gasteiger partial charge >= 0.3 is 0 Å². The summed E-state index contributed by atoms with van der Waals surface area (Å²) in [5.74, 6) is 2.28. The summed E-state index contributed by atoms with van der Waals surface area (Å²) in [5.41, 5.74) is 1.14. The lowest BCUT2D eigenvalue weighted by Crippen LogP contribution is -2.24. The average Bonchev–Trinajstić information content (AvgIpc) is 2.87. The van der Waals surface area contributed by atoms with Gasteiger partial charge in [0.25, 0.3) is 0 Å². The van der Waals surface area contributed by atoms with Gasteiger partial charge in [-0.05, 0) is 37.4 Å². The highest BCUT2D eigenvalue weighted by Gasteiger charge is 2.28. The molecule has 4 heteroatoms. The van der Waals surface area contributed by atoms with E-state index in [0.717, 1.165) is 28.5 Å². The van der Waals surface area contributed by atoms with Crippen LogP contribution in [-0.4, -0.2) is 20.3 Å². The van der Waals surface area contributed by atoms with Crippen LogP contribution in [0.5, 0.6) is 11.5 Å². The van der Waals surface area contributed by atoms with Crippen molar-refractivity contribution in [2.45, 2.75) is 38.1 Å². The van der Waals surface area contributed by atoms with Gasteiger partial charge in [-0.15, -0.1) is 0 Å². The average molecular weight is 296 g/mol. The van der Waals surface area contributed by atoms with Crippen molar-refractivity contribution >= 4 is 11.6 Å². The van der Waals surface area contributed by atoms with Gasteiger partial charge < -0.3 is 14.8 Å². The first-order chi connectivity index (χ1) is 9.79. The van der Waals surface area contributed by atoms with Gasteiger partial charge in [-0.25, -0.2) is 0 Å². The molecular weight excluding hydrogens is 274 g/mol. The number of nitrogens with one attached hydrogen (secondary N) is 1. The quantitative estimate of drug-likeness (QED) is 0.916. The second-order valence-corrected chi connectivity index (χ2v) is 6.09. The van der Waals surface area contributed by atoms with Crippen LogP contribution >= 0.6 is 11.6 Å². The van der Waals surface area contributed by atoms with Crippen LogP contribution in [0, 0.1) is 5.92 Å². The minimum absolute atomic E-state index is 0.308. The molecule has 1 saturated carbocycles. The summed E-state index contributed by atoms with van der Waals surface area (Å²) in [7, 11) is 2.02. The standard InChI is InChI=1S/C16H22ClNO2/c1-18-16(11-5-2-3-6-11)12-9-14-15(10-13(12)17)20-8-4-7-19-14/h9-11,16,18H,2-8H2,1H3. The lowest BCUT2D eigenvalue weighted by Gasteiger charge is -2.25. The molecule has 0 radical (unpaired) electrons. The minimum atomic E-state index is 0.308. The van der Waals surface area contributed by atoms with Crippen LogP contribution in [-0.2, 0) is 0 Å². The normalized spacial score (nSPS) is 20.7. The summed E-state index contributed by atoms with van der Waals surface area (Å²) >= 11 is 6.49. The third-order valence-corrected chi connectivity index (χ3v) is 4.71. The van der Waals surface area contributed by atoms with E-state index in [1.807, 2.05) is 13.1 Å². The fraction of sp³-hybridized carbons (Fsp3) is 0.625. The molecule has 0 saturated heterocycles.